The number of H-pyrrole nitrogens is 1. The van der Waals surface area contributed by atoms with Crippen LogP contribution in [-0.4, -0.2) is 48.8 Å². The van der Waals surface area contributed by atoms with Gasteiger partial charge in [0.2, 0.25) is 0 Å². The summed E-state index contributed by atoms with van der Waals surface area (Å²) < 4.78 is 30.2. The van der Waals surface area contributed by atoms with Crippen LogP contribution >= 0.6 is 0 Å². The first-order valence-electron chi connectivity index (χ1n) is 11.0. The van der Waals surface area contributed by atoms with Gasteiger partial charge in [0.25, 0.3) is 10.0 Å². The molecule has 4 heterocycles. The van der Waals surface area contributed by atoms with Crippen molar-refractivity contribution in [3.8, 4) is 11.1 Å². The van der Waals surface area contributed by atoms with Crippen molar-refractivity contribution in [1.82, 2.24) is 19.7 Å². The fraction of sp³-hybridized carbons (Fsp3) is 0.333. The van der Waals surface area contributed by atoms with Crippen LogP contribution in [0.15, 0.2) is 47.8 Å². The first-order valence-corrected chi connectivity index (χ1v) is 12.5. The lowest BCUT2D eigenvalue weighted by atomic mass is 9.99. The summed E-state index contributed by atoms with van der Waals surface area (Å²) >= 11 is 0. The van der Waals surface area contributed by atoms with E-state index in [9.17, 15) is 8.42 Å². The molecule has 4 aromatic rings. The third-order valence-corrected chi connectivity index (χ3v) is 8.28. The third-order valence-electron chi connectivity index (χ3n) is 6.58. The highest BCUT2D eigenvalue weighted by Gasteiger charge is 2.29. The van der Waals surface area contributed by atoms with Crippen molar-refractivity contribution in [3.05, 3.63) is 54.0 Å². The minimum Gasteiger partial charge on any atom is -0.374 e. The number of hydrogen-bond acceptors (Lipinski definition) is 5. The van der Waals surface area contributed by atoms with Gasteiger partial charge in [-0.15, -0.1) is 0 Å². The van der Waals surface area contributed by atoms with Crippen LogP contribution in [0.5, 0.6) is 0 Å². The molecule has 0 unspecified atom stereocenters. The maximum Gasteiger partial charge on any atom is 0.281 e. The van der Waals surface area contributed by atoms with Crippen LogP contribution in [0.2, 0.25) is 0 Å². The van der Waals surface area contributed by atoms with Crippen LogP contribution in [0.4, 0.5) is 11.4 Å². The molecule has 9 heteroatoms. The quantitative estimate of drug-likeness (QED) is 0.480. The van der Waals surface area contributed by atoms with Crippen molar-refractivity contribution in [2.75, 3.05) is 29.8 Å². The molecule has 5 rings (SSSR count). The Bertz CT molecular complexity index is 1450. The highest BCUT2D eigenvalue weighted by atomic mass is 32.2. The number of nitrogens with one attached hydrogen (secondary N) is 1. The van der Waals surface area contributed by atoms with Crippen LogP contribution < -0.4 is 9.21 Å². The van der Waals surface area contributed by atoms with Gasteiger partial charge in [-0.3, -0.25) is 9.40 Å². The second-order valence-electron chi connectivity index (χ2n) is 8.86. The molecule has 1 N–H and O–H groups in total. The first kappa shape index (κ1) is 21.5. The fourth-order valence-electron chi connectivity index (χ4n) is 4.93. The minimum atomic E-state index is -3.81. The van der Waals surface area contributed by atoms with Gasteiger partial charge in [0.1, 0.15) is 5.65 Å². The zero-order valence-corrected chi connectivity index (χ0v) is 20.3. The van der Waals surface area contributed by atoms with Gasteiger partial charge in [0.05, 0.1) is 17.3 Å². The van der Waals surface area contributed by atoms with Crippen LogP contribution in [0.25, 0.3) is 22.2 Å². The normalized spacial score (nSPS) is 13.8. The van der Waals surface area contributed by atoms with E-state index in [0.29, 0.717) is 5.69 Å². The maximum absolute atomic E-state index is 13.3. The smallest absolute Gasteiger partial charge is 0.281 e. The molecule has 0 atom stereocenters. The summed E-state index contributed by atoms with van der Waals surface area (Å²) in [6, 6.07) is 9.94. The number of rotatable bonds is 5. The van der Waals surface area contributed by atoms with E-state index >= 15 is 0 Å². The number of nitrogens with zero attached hydrogens (tertiary/aromatic N) is 5. The summed E-state index contributed by atoms with van der Waals surface area (Å²) in [7, 11) is -0.126. The van der Waals surface area contributed by atoms with E-state index in [1.165, 1.54) is 27.8 Å². The zero-order valence-electron chi connectivity index (χ0n) is 19.5. The largest absolute Gasteiger partial charge is 0.374 e. The minimum absolute atomic E-state index is 0.0516. The molecular formula is C24H28N6O2S. The van der Waals surface area contributed by atoms with E-state index in [4.69, 9.17) is 4.98 Å². The Hall–Kier alpha value is -3.33. The number of fused-ring (bicyclic) bond motifs is 2. The predicted molar refractivity (Wildman–Crippen MR) is 131 cm³/mol. The van der Waals surface area contributed by atoms with Gasteiger partial charge in [-0.05, 0) is 56.5 Å². The molecule has 0 radical (unpaired) electrons. The topological polar surface area (TPSA) is 87.1 Å². The number of benzene rings is 1. The Morgan fingerprint density at radius 1 is 1.15 bits per heavy atom. The Kier molecular flexibility index (Phi) is 4.97. The van der Waals surface area contributed by atoms with Gasteiger partial charge in [-0.1, -0.05) is 12.1 Å². The fourth-order valence-corrected chi connectivity index (χ4v) is 6.04. The lowest BCUT2D eigenvalue weighted by Crippen LogP contribution is -2.27. The zero-order chi connectivity index (χ0) is 23.5. The Labute approximate surface area is 193 Å². The van der Waals surface area contributed by atoms with Crippen molar-refractivity contribution in [1.29, 1.82) is 0 Å². The molecule has 0 aliphatic carbocycles. The van der Waals surface area contributed by atoms with E-state index in [0.717, 1.165) is 40.8 Å². The number of likely N-dealkylation sites (N-methyl/N-ethyl adjacent to an activating group) is 1. The lowest BCUT2D eigenvalue weighted by molar-refractivity contribution is 0.590. The van der Waals surface area contributed by atoms with Gasteiger partial charge in [0, 0.05) is 49.8 Å². The molecule has 8 nitrogen and oxygen atoms in total. The van der Waals surface area contributed by atoms with Gasteiger partial charge in [0.15, 0.2) is 5.03 Å². The maximum atomic E-state index is 13.3. The number of sulfonamides is 1. The van der Waals surface area contributed by atoms with Gasteiger partial charge < -0.3 is 9.47 Å². The molecule has 3 aromatic heterocycles. The number of anilines is 2. The van der Waals surface area contributed by atoms with E-state index < -0.39 is 10.0 Å². The Balaban J connectivity index is 1.80. The summed E-state index contributed by atoms with van der Waals surface area (Å²) in [5.74, 6) is 0. The van der Waals surface area contributed by atoms with Crippen molar-refractivity contribution in [2.45, 2.75) is 38.3 Å². The van der Waals surface area contributed by atoms with E-state index in [1.54, 1.807) is 19.3 Å². The molecule has 1 aromatic carbocycles. The van der Waals surface area contributed by atoms with Crippen molar-refractivity contribution < 1.29 is 8.42 Å². The molecule has 172 valence electrons. The van der Waals surface area contributed by atoms with Crippen molar-refractivity contribution in [3.63, 3.8) is 0 Å². The second kappa shape index (κ2) is 7.62. The van der Waals surface area contributed by atoms with Gasteiger partial charge >= 0.3 is 0 Å². The summed E-state index contributed by atoms with van der Waals surface area (Å²) in [5, 5.41) is 7.29. The van der Waals surface area contributed by atoms with Crippen molar-refractivity contribution in [2.24, 2.45) is 0 Å². The highest BCUT2D eigenvalue weighted by Crippen LogP contribution is 2.43. The Morgan fingerprint density at radius 3 is 2.64 bits per heavy atom. The Morgan fingerprint density at radius 2 is 1.94 bits per heavy atom. The number of pyridine rings is 1. The van der Waals surface area contributed by atoms with Crippen LogP contribution in [0, 0.1) is 6.92 Å². The second-order valence-corrected chi connectivity index (χ2v) is 10.8. The molecule has 1 aliphatic rings. The summed E-state index contributed by atoms with van der Waals surface area (Å²) in [5.41, 5.74) is 7.05. The summed E-state index contributed by atoms with van der Waals surface area (Å²) in [6.45, 7) is 7.32. The molecule has 0 spiro atoms. The molecule has 33 heavy (non-hydrogen) atoms. The molecular weight excluding hydrogens is 436 g/mol. The third kappa shape index (κ3) is 3.21. The summed E-state index contributed by atoms with van der Waals surface area (Å²) in [4.78, 5) is 6.96. The van der Waals surface area contributed by atoms with Crippen LogP contribution in [0.1, 0.15) is 31.1 Å². The van der Waals surface area contributed by atoms with Crippen LogP contribution in [0.3, 0.4) is 0 Å². The number of hydrogen-bond donors (Lipinski definition) is 1. The molecule has 0 bridgehead atoms. The van der Waals surface area contributed by atoms with Gasteiger partial charge in [-0.2, -0.15) is 13.5 Å². The van der Waals surface area contributed by atoms with Crippen molar-refractivity contribution >= 4 is 32.4 Å². The van der Waals surface area contributed by atoms with E-state index in [-0.39, 0.29) is 11.1 Å². The monoisotopic (exact) mass is 464 g/mol. The van der Waals surface area contributed by atoms with E-state index in [1.807, 2.05) is 0 Å². The lowest BCUT2D eigenvalue weighted by Gasteiger charge is -2.20. The highest BCUT2D eigenvalue weighted by molar-refractivity contribution is 7.92. The molecule has 1 aliphatic heterocycles. The average molecular weight is 465 g/mol. The first-order chi connectivity index (χ1) is 15.7. The standard InChI is InChI=1S/C24H28N6O2S/c1-15(2)30-16(3)22(18-7-6-17-10-13-28(4)20(17)14-18)23-19(8-11-25-24(23)30)29(5)33(31,32)21-9-12-26-27-21/h6-9,11-12,14-15H,10,13H2,1-5H3,(H,26,27). The van der Waals surface area contributed by atoms with E-state index in [2.05, 4.69) is 65.7 Å². The van der Waals surface area contributed by atoms with Gasteiger partial charge in [-0.25, -0.2) is 4.98 Å². The number of aromatic nitrogens is 4. The van der Waals surface area contributed by atoms with Crippen LogP contribution in [-0.2, 0) is 16.4 Å². The number of aromatic amines is 1. The molecule has 0 fully saturated rings. The molecule has 0 amide bonds. The SMILES string of the molecule is Cc1c(-c2ccc3c(c2)N(C)CC3)c2c(N(C)S(=O)(=O)c3ccn[nH]3)ccnc2n1C(C)C. The molecule has 0 saturated carbocycles. The predicted octanol–water partition coefficient (Wildman–Crippen LogP) is 4.13. The molecule has 0 saturated heterocycles. The average Bonchev–Trinajstić information content (AvgIpc) is 3.51. The summed E-state index contributed by atoms with van der Waals surface area (Å²) in [6.07, 6.45) is 4.15.